The summed E-state index contributed by atoms with van der Waals surface area (Å²) in [4.78, 5) is 3.78. The van der Waals surface area contributed by atoms with Crippen LogP contribution in [0.15, 0.2) is 24.4 Å². The Labute approximate surface area is 97.5 Å². The summed E-state index contributed by atoms with van der Waals surface area (Å²) in [7, 11) is 0. The van der Waals surface area contributed by atoms with Crippen LogP contribution in [0.4, 0.5) is 13.2 Å². The second-order valence-corrected chi connectivity index (χ2v) is 3.93. The Bertz CT molecular complexity index is 355. The molecule has 1 aromatic heterocycles. The standard InChI is InChI=1S/C11H15F3N2O/c1-2-9(15)10(17,11(12,13)14)7-8-5-3-4-6-16-8/h3-6,9,17H,2,7,15H2,1H3. The Kier molecular flexibility index (Phi) is 4.11. The van der Waals surface area contributed by atoms with Crippen molar-refractivity contribution in [2.75, 3.05) is 0 Å². The Morgan fingerprint density at radius 3 is 2.47 bits per heavy atom. The van der Waals surface area contributed by atoms with Crippen molar-refractivity contribution in [3.05, 3.63) is 30.1 Å². The molecule has 0 bridgehead atoms. The molecule has 3 nitrogen and oxygen atoms in total. The van der Waals surface area contributed by atoms with Gasteiger partial charge in [-0.2, -0.15) is 13.2 Å². The van der Waals surface area contributed by atoms with Gasteiger partial charge in [-0.3, -0.25) is 4.98 Å². The fourth-order valence-electron chi connectivity index (χ4n) is 1.56. The van der Waals surface area contributed by atoms with Crippen molar-refractivity contribution >= 4 is 0 Å². The zero-order valence-corrected chi connectivity index (χ0v) is 9.41. The molecule has 0 saturated carbocycles. The molecule has 6 heteroatoms. The topological polar surface area (TPSA) is 59.1 Å². The van der Waals surface area contributed by atoms with E-state index in [-0.39, 0.29) is 12.1 Å². The summed E-state index contributed by atoms with van der Waals surface area (Å²) in [6.07, 6.45) is -4.00. The normalized spacial score (nSPS) is 17.5. The number of hydrogen-bond donors (Lipinski definition) is 2. The van der Waals surface area contributed by atoms with Gasteiger partial charge in [0.25, 0.3) is 0 Å². The van der Waals surface area contributed by atoms with Crippen molar-refractivity contribution in [1.29, 1.82) is 0 Å². The van der Waals surface area contributed by atoms with E-state index in [0.29, 0.717) is 0 Å². The van der Waals surface area contributed by atoms with E-state index < -0.39 is 24.2 Å². The van der Waals surface area contributed by atoms with Gasteiger partial charge in [0.05, 0.1) is 0 Å². The van der Waals surface area contributed by atoms with Gasteiger partial charge in [-0.25, -0.2) is 0 Å². The number of pyridine rings is 1. The zero-order valence-electron chi connectivity index (χ0n) is 9.41. The second-order valence-electron chi connectivity index (χ2n) is 3.93. The first-order valence-corrected chi connectivity index (χ1v) is 5.26. The fourth-order valence-corrected chi connectivity index (χ4v) is 1.56. The first kappa shape index (κ1) is 13.9. The number of aliphatic hydroxyl groups is 1. The van der Waals surface area contributed by atoms with Crippen molar-refractivity contribution in [1.82, 2.24) is 4.98 Å². The van der Waals surface area contributed by atoms with Gasteiger partial charge in [-0.1, -0.05) is 13.0 Å². The molecule has 0 fully saturated rings. The van der Waals surface area contributed by atoms with Gasteiger partial charge in [0, 0.05) is 24.4 Å². The van der Waals surface area contributed by atoms with E-state index in [4.69, 9.17) is 5.73 Å². The minimum absolute atomic E-state index is 0.0306. The highest BCUT2D eigenvalue weighted by atomic mass is 19.4. The summed E-state index contributed by atoms with van der Waals surface area (Å²) in [5.41, 5.74) is 2.62. The molecule has 96 valence electrons. The molecule has 2 atom stereocenters. The lowest BCUT2D eigenvalue weighted by Gasteiger charge is -2.35. The van der Waals surface area contributed by atoms with E-state index in [9.17, 15) is 18.3 Å². The molecular weight excluding hydrogens is 233 g/mol. The van der Waals surface area contributed by atoms with Gasteiger partial charge in [0.1, 0.15) is 0 Å². The van der Waals surface area contributed by atoms with Crippen LogP contribution in [0, 0.1) is 0 Å². The van der Waals surface area contributed by atoms with Gasteiger partial charge < -0.3 is 10.8 Å². The molecule has 0 spiro atoms. The third-order valence-electron chi connectivity index (χ3n) is 2.72. The van der Waals surface area contributed by atoms with Crippen LogP contribution >= 0.6 is 0 Å². The maximum absolute atomic E-state index is 12.9. The van der Waals surface area contributed by atoms with Gasteiger partial charge >= 0.3 is 6.18 Å². The average Bonchev–Trinajstić information content (AvgIpc) is 2.27. The summed E-state index contributed by atoms with van der Waals surface area (Å²) in [6.45, 7) is 1.50. The Morgan fingerprint density at radius 2 is 2.06 bits per heavy atom. The molecule has 1 rings (SSSR count). The number of halogens is 3. The molecule has 0 aliphatic carbocycles. The smallest absolute Gasteiger partial charge is 0.379 e. The summed E-state index contributed by atoms with van der Waals surface area (Å²) in [6, 6.07) is 3.22. The molecule has 1 aromatic rings. The fraction of sp³-hybridized carbons (Fsp3) is 0.545. The number of nitrogens with two attached hydrogens (primary N) is 1. The maximum atomic E-state index is 12.9. The lowest BCUT2D eigenvalue weighted by Crippen LogP contribution is -2.59. The van der Waals surface area contributed by atoms with Crippen LogP contribution in [0.5, 0.6) is 0 Å². The minimum atomic E-state index is -4.78. The SMILES string of the molecule is CCC(N)C(O)(Cc1ccccn1)C(F)(F)F. The van der Waals surface area contributed by atoms with Crippen molar-refractivity contribution in [3.63, 3.8) is 0 Å². The second kappa shape index (κ2) is 5.01. The summed E-state index contributed by atoms with van der Waals surface area (Å²) < 4.78 is 38.6. The van der Waals surface area contributed by atoms with E-state index in [2.05, 4.69) is 4.98 Å². The van der Waals surface area contributed by atoms with Crippen LogP contribution in [0.25, 0.3) is 0 Å². The lowest BCUT2D eigenvalue weighted by molar-refractivity contribution is -0.267. The van der Waals surface area contributed by atoms with E-state index in [0.717, 1.165) is 0 Å². The summed E-state index contributed by atoms with van der Waals surface area (Å²) in [5.74, 6) is 0. The highest BCUT2D eigenvalue weighted by Gasteiger charge is 2.57. The molecular formula is C11H15F3N2O. The Hall–Kier alpha value is -1.14. The predicted octanol–water partition coefficient (Wildman–Crippen LogP) is 1.65. The zero-order chi connectivity index (χ0) is 13.1. The van der Waals surface area contributed by atoms with Crippen molar-refractivity contribution in [2.45, 2.75) is 37.6 Å². The van der Waals surface area contributed by atoms with Crippen molar-refractivity contribution in [3.8, 4) is 0 Å². The lowest BCUT2D eigenvalue weighted by atomic mass is 9.87. The first-order chi connectivity index (χ1) is 7.81. The molecule has 17 heavy (non-hydrogen) atoms. The molecule has 2 unspecified atom stereocenters. The Balaban J connectivity index is 3.01. The molecule has 0 saturated heterocycles. The molecule has 1 heterocycles. The minimum Gasteiger partial charge on any atom is -0.379 e. The highest BCUT2D eigenvalue weighted by molar-refractivity contribution is 5.11. The van der Waals surface area contributed by atoms with Crippen molar-refractivity contribution < 1.29 is 18.3 Å². The van der Waals surface area contributed by atoms with Gasteiger partial charge in [-0.05, 0) is 18.6 Å². The van der Waals surface area contributed by atoms with Gasteiger partial charge in [-0.15, -0.1) is 0 Å². The monoisotopic (exact) mass is 248 g/mol. The molecule has 3 N–H and O–H groups in total. The number of hydrogen-bond acceptors (Lipinski definition) is 3. The van der Waals surface area contributed by atoms with E-state index in [1.54, 1.807) is 12.1 Å². The molecule has 0 aliphatic heterocycles. The first-order valence-electron chi connectivity index (χ1n) is 5.26. The van der Waals surface area contributed by atoms with E-state index in [1.165, 1.54) is 19.2 Å². The quantitative estimate of drug-likeness (QED) is 0.851. The van der Waals surface area contributed by atoms with E-state index in [1.807, 2.05) is 0 Å². The summed E-state index contributed by atoms with van der Waals surface area (Å²) in [5, 5.41) is 9.78. The number of nitrogens with zero attached hydrogens (tertiary/aromatic N) is 1. The van der Waals surface area contributed by atoms with Crippen LogP contribution in [0.1, 0.15) is 19.0 Å². The largest absolute Gasteiger partial charge is 0.419 e. The molecule has 0 aliphatic rings. The number of rotatable bonds is 4. The van der Waals surface area contributed by atoms with Crippen LogP contribution in [0.3, 0.4) is 0 Å². The summed E-state index contributed by atoms with van der Waals surface area (Å²) >= 11 is 0. The van der Waals surface area contributed by atoms with Gasteiger partial charge in [0.15, 0.2) is 5.60 Å². The molecule has 0 aromatic carbocycles. The number of alkyl halides is 3. The van der Waals surface area contributed by atoms with Crippen LogP contribution < -0.4 is 5.73 Å². The van der Waals surface area contributed by atoms with Crippen LogP contribution in [0.2, 0.25) is 0 Å². The highest BCUT2D eigenvalue weighted by Crippen LogP contribution is 2.35. The van der Waals surface area contributed by atoms with Crippen LogP contribution in [-0.2, 0) is 6.42 Å². The third-order valence-corrected chi connectivity index (χ3v) is 2.72. The van der Waals surface area contributed by atoms with Crippen LogP contribution in [-0.4, -0.2) is 27.9 Å². The Morgan fingerprint density at radius 1 is 1.41 bits per heavy atom. The van der Waals surface area contributed by atoms with Gasteiger partial charge in [0.2, 0.25) is 0 Å². The molecule has 0 amide bonds. The average molecular weight is 248 g/mol. The molecule has 0 radical (unpaired) electrons. The van der Waals surface area contributed by atoms with E-state index >= 15 is 0 Å². The third kappa shape index (κ3) is 2.95. The maximum Gasteiger partial charge on any atom is 0.419 e. The van der Waals surface area contributed by atoms with Crippen molar-refractivity contribution in [2.24, 2.45) is 5.73 Å². The predicted molar refractivity (Wildman–Crippen MR) is 57.2 cm³/mol. The number of aromatic nitrogens is 1.